The normalized spacial score (nSPS) is 13.1. The van der Waals surface area contributed by atoms with Crippen molar-refractivity contribution in [3.63, 3.8) is 0 Å². The molecule has 0 fully saturated rings. The summed E-state index contributed by atoms with van der Waals surface area (Å²) in [7, 11) is 0. The smallest absolute Gasteiger partial charge is 0.112 e. The molecule has 0 saturated heterocycles. The molecule has 0 aliphatic carbocycles. The van der Waals surface area contributed by atoms with Gasteiger partial charge in [-0.1, -0.05) is 19.9 Å². The average molecular weight is 245 g/mol. The van der Waals surface area contributed by atoms with E-state index in [-0.39, 0.29) is 0 Å². The van der Waals surface area contributed by atoms with Gasteiger partial charge in [0, 0.05) is 12.5 Å². The molecule has 0 spiro atoms. The van der Waals surface area contributed by atoms with E-state index >= 15 is 0 Å². The number of imidazole rings is 1. The van der Waals surface area contributed by atoms with Crippen LogP contribution in [0.5, 0.6) is 0 Å². The molecule has 0 radical (unpaired) electrons. The minimum atomic E-state index is 0.425. The van der Waals surface area contributed by atoms with Crippen LogP contribution in [0.1, 0.15) is 44.0 Å². The second kappa shape index (κ2) is 5.53. The van der Waals surface area contributed by atoms with Crippen LogP contribution in [0.4, 0.5) is 0 Å². The molecular formula is C15H23N3. The van der Waals surface area contributed by atoms with Gasteiger partial charge in [0.2, 0.25) is 0 Å². The summed E-state index contributed by atoms with van der Waals surface area (Å²) in [5.74, 6) is 1.61. The second-order valence-electron chi connectivity index (χ2n) is 5.09. The molecule has 1 aromatic carbocycles. The molecule has 1 heterocycles. The molecule has 2 rings (SSSR count). The number of hydrogen-bond donors (Lipinski definition) is 1. The van der Waals surface area contributed by atoms with Crippen molar-refractivity contribution < 1.29 is 0 Å². The summed E-state index contributed by atoms with van der Waals surface area (Å²) in [6, 6.07) is 6.51. The molecule has 0 amide bonds. The Morgan fingerprint density at radius 2 is 2.17 bits per heavy atom. The van der Waals surface area contributed by atoms with E-state index < -0.39 is 0 Å². The number of nitrogens with two attached hydrogens (primary N) is 1. The fourth-order valence-electron chi connectivity index (χ4n) is 2.47. The van der Waals surface area contributed by atoms with Crippen LogP contribution < -0.4 is 5.73 Å². The van der Waals surface area contributed by atoms with Gasteiger partial charge in [-0.05, 0) is 44.0 Å². The molecule has 3 nitrogen and oxygen atoms in total. The third-order valence-corrected chi connectivity index (χ3v) is 3.42. The lowest BCUT2D eigenvalue weighted by Gasteiger charge is -2.13. The Labute approximate surface area is 109 Å². The number of fused-ring (bicyclic) bond motifs is 1. The van der Waals surface area contributed by atoms with E-state index in [4.69, 9.17) is 10.7 Å². The monoisotopic (exact) mass is 245 g/mol. The lowest BCUT2D eigenvalue weighted by molar-refractivity contribution is 0.578. The van der Waals surface area contributed by atoms with Crippen molar-refractivity contribution in [2.24, 2.45) is 5.73 Å². The fraction of sp³-hybridized carbons (Fsp3) is 0.533. The van der Waals surface area contributed by atoms with E-state index in [1.165, 1.54) is 16.9 Å². The van der Waals surface area contributed by atoms with E-state index in [1.807, 2.05) is 0 Å². The van der Waals surface area contributed by atoms with E-state index in [1.54, 1.807) is 0 Å². The highest BCUT2D eigenvalue weighted by Crippen LogP contribution is 2.25. The summed E-state index contributed by atoms with van der Waals surface area (Å²) in [6.07, 6.45) is 2.12. The van der Waals surface area contributed by atoms with Crippen LogP contribution in [-0.4, -0.2) is 16.1 Å². The number of rotatable bonds is 5. The van der Waals surface area contributed by atoms with Gasteiger partial charge in [0.15, 0.2) is 0 Å². The first kappa shape index (κ1) is 13.1. The summed E-state index contributed by atoms with van der Waals surface area (Å²) in [5, 5.41) is 0. The molecule has 1 atom stereocenters. The Morgan fingerprint density at radius 3 is 2.83 bits per heavy atom. The fourth-order valence-corrected chi connectivity index (χ4v) is 2.47. The van der Waals surface area contributed by atoms with Crippen LogP contribution in [0.25, 0.3) is 11.0 Å². The second-order valence-corrected chi connectivity index (χ2v) is 5.09. The molecule has 18 heavy (non-hydrogen) atoms. The number of benzene rings is 1. The van der Waals surface area contributed by atoms with Gasteiger partial charge in [-0.2, -0.15) is 0 Å². The summed E-state index contributed by atoms with van der Waals surface area (Å²) in [6.45, 7) is 8.28. The van der Waals surface area contributed by atoms with Crippen LogP contribution >= 0.6 is 0 Å². The summed E-state index contributed by atoms with van der Waals surface area (Å²) >= 11 is 0. The molecular weight excluding hydrogens is 222 g/mol. The van der Waals surface area contributed by atoms with Gasteiger partial charge < -0.3 is 10.3 Å². The summed E-state index contributed by atoms with van der Waals surface area (Å²) < 4.78 is 2.36. The lowest BCUT2D eigenvalue weighted by atomic mass is 10.1. The van der Waals surface area contributed by atoms with Crippen LogP contribution in [0.15, 0.2) is 18.2 Å². The van der Waals surface area contributed by atoms with Gasteiger partial charge in [0.1, 0.15) is 5.82 Å². The molecule has 1 aromatic heterocycles. The first-order valence-corrected chi connectivity index (χ1v) is 6.84. The van der Waals surface area contributed by atoms with E-state index in [0.717, 1.165) is 31.4 Å². The Hall–Kier alpha value is -1.35. The van der Waals surface area contributed by atoms with Gasteiger partial charge in [0.05, 0.1) is 11.0 Å². The molecule has 2 aromatic rings. The number of aromatic nitrogens is 2. The molecule has 98 valence electrons. The third-order valence-electron chi connectivity index (χ3n) is 3.42. The third kappa shape index (κ3) is 2.41. The summed E-state index contributed by atoms with van der Waals surface area (Å²) in [5.41, 5.74) is 9.30. The van der Waals surface area contributed by atoms with Crippen LogP contribution in [0.3, 0.4) is 0 Å². The summed E-state index contributed by atoms with van der Waals surface area (Å²) in [4.78, 5) is 4.82. The lowest BCUT2D eigenvalue weighted by Crippen LogP contribution is -2.11. The number of hydrogen-bond acceptors (Lipinski definition) is 2. The van der Waals surface area contributed by atoms with Crippen molar-refractivity contribution in [2.75, 3.05) is 6.54 Å². The minimum absolute atomic E-state index is 0.425. The maximum atomic E-state index is 5.67. The molecule has 0 aliphatic rings. The topological polar surface area (TPSA) is 43.8 Å². The predicted octanol–water partition coefficient (Wildman–Crippen LogP) is 3.21. The van der Waals surface area contributed by atoms with E-state index in [0.29, 0.717) is 5.92 Å². The van der Waals surface area contributed by atoms with E-state index in [9.17, 15) is 0 Å². The van der Waals surface area contributed by atoms with Crippen molar-refractivity contribution in [2.45, 2.75) is 46.1 Å². The zero-order valence-corrected chi connectivity index (χ0v) is 11.6. The maximum absolute atomic E-state index is 5.67. The SMILES string of the molecule is CCCn1c(C(C)CCN)nc2cc(C)ccc21. The van der Waals surface area contributed by atoms with Crippen molar-refractivity contribution >= 4 is 11.0 Å². The Morgan fingerprint density at radius 1 is 1.39 bits per heavy atom. The zero-order valence-electron chi connectivity index (χ0n) is 11.6. The van der Waals surface area contributed by atoms with Gasteiger partial charge in [0.25, 0.3) is 0 Å². The van der Waals surface area contributed by atoms with Crippen LogP contribution in [0, 0.1) is 6.92 Å². The van der Waals surface area contributed by atoms with Crippen LogP contribution in [0.2, 0.25) is 0 Å². The van der Waals surface area contributed by atoms with E-state index in [2.05, 4.69) is 43.5 Å². The molecule has 1 unspecified atom stereocenters. The van der Waals surface area contributed by atoms with Crippen molar-refractivity contribution in [3.8, 4) is 0 Å². The largest absolute Gasteiger partial charge is 0.330 e. The molecule has 3 heteroatoms. The van der Waals surface area contributed by atoms with Gasteiger partial charge in [-0.15, -0.1) is 0 Å². The Balaban J connectivity index is 2.53. The van der Waals surface area contributed by atoms with Gasteiger partial charge in [-0.25, -0.2) is 4.98 Å². The van der Waals surface area contributed by atoms with Gasteiger partial charge in [-0.3, -0.25) is 0 Å². The molecule has 0 bridgehead atoms. The maximum Gasteiger partial charge on any atom is 0.112 e. The van der Waals surface area contributed by atoms with Crippen molar-refractivity contribution in [1.29, 1.82) is 0 Å². The zero-order chi connectivity index (χ0) is 13.1. The number of aryl methyl sites for hydroxylation is 2. The van der Waals surface area contributed by atoms with Gasteiger partial charge >= 0.3 is 0 Å². The van der Waals surface area contributed by atoms with Crippen molar-refractivity contribution in [1.82, 2.24) is 9.55 Å². The highest BCUT2D eigenvalue weighted by molar-refractivity contribution is 5.77. The standard InChI is InChI=1S/C15H23N3/c1-4-9-18-14-6-5-11(2)10-13(14)17-15(18)12(3)7-8-16/h5-6,10,12H,4,7-9,16H2,1-3H3. The first-order valence-electron chi connectivity index (χ1n) is 6.84. The highest BCUT2D eigenvalue weighted by atomic mass is 15.1. The average Bonchev–Trinajstić information content (AvgIpc) is 2.68. The Kier molecular flexibility index (Phi) is 4.02. The molecule has 0 aliphatic heterocycles. The number of nitrogens with zero attached hydrogens (tertiary/aromatic N) is 2. The predicted molar refractivity (Wildman–Crippen MR) is 76.8 cm³/mol. The quantitative estimate of drug-likeness (QED) is 0.879. The first-order chi connectivity index (χ1) is 8.67. The highest BCUT2D eigenvalue weighted by Gasteiger charge is 2.15. The minimum Gasteiger partial charge on any atom is -0.330 e. The molecule has 0 saturated carbocycles. The van der Waals surface area contributed by atoms with Crippen molar-refractivity contribution in [3.05, 3.63) is 29.6 Å². The Bertz CT molecular complexity index is 528. The molecule has 2 N–H and O–H groups in total. The van der Waals surface area contributed by atoms with Crippen LogP contribution in [-0.2, 0) is 6.54 Å².